The minimum absolute atomic E-state index is 0.0537. The predicted molar refractivity (Wildman–Crippen MR) is 80.5 cm³/mol. The van der Waals surface area contributed by atoms with Crippen molar-refractivity contribution in [2.75, 3.05) is 19.8 Å². The minimum Gasteiger partial charge on any atom is -0.397 e. The van der Waals surface area contributed by atoms with E-state index < -0.39 is 16.6 Å². The van der Waals surface area contributed by atoms with Crippen molar-refractivity contribution >= 4 is 22.0 Å². The summed E-state index contributed by atoms with van der Waals surface area (Å²) in [5.74, 6) is 0. The molecule has 2 heterocycles. The highest BCUT2D eigenvalue weighted by atomic mass is 32.2. The highest BCUT2D eigenvalue weighted by Gasteiger charge is 2.22. The Morgan fingerprint density at radius 2 is 2.09 bits per heavy atom. The van der Waals surface area contributed by atoms with E-state index in [1.165, 1.54) is 17.2 Å². The number of nitrogens with two attached hydrogens (primary N) is 1. The molecule has 0 aliphatic rings. The van der Waals surface area contributed by atoms with Gasteiger partial charge in [0.15, 0.2) is 0 Å². The van der Waals surface area contributed by atoms with Crippen molar-refractivity contribution in [3.63, 3.8) is 0 Å². The van der Waals surface area contributed by atoms with Gasteiger partial charge in [0.05, 0.1) is 23.8 Å². The van der Waals surface area contributed by atoms with E-state index in [1.54, 1.807) is 14.1 Å². The summed E-state index contributed by atoms with van der Waals surface area (Å²) < 4.78 is 53.8. The van der Waals surface area contributed by atoms with Gasteiger partial charge in [-0.15, -0.1) is 4.40 Å². The van der Waals surface area contributed by atoms with Gasteiger partial charge in [-0.05, 0) is 6.07 Å². The van der Waals surface area contributed by atoms with Crippen LogP contribution in [0.2, 0.25) is 0 Å². The van der Waals surface area contributed by atoms with Crippen molar-refractivity contribution in [1.29, 1.82) is 0 Å². The van der Waals surface area contributed by atoms with Crippen molar-refractivity contribution in [1.82, 2.24) is 19.7 Å². The highest BCUT2D eigenvalue weighted by Crippen LogP contribution is 2.28. The first kappa shape index (κ1) is 16.8. The van der Waals surface area contributed by atoms with E-state index in [4.69, 9.17) is 5.73 Å². The monoisotopic (exact) mass is 344 g/mol. The number of nitrogen functional groups attached to an aromatic ring is 1. The third kappa shape index (κ3) is 3.80. The molecule has 2 aromatic heterocycles. The number of halogens is 2. The molecule has 11 heteroatoms. The van der Waals surface area contributed by atoms with E-state index in [-0.39, 0.29) is 21.8 Å². The molecule has 2 rings (SSSR count). The van der Waals surface area contributed by atoms with E-state index >= 15 is 0 Å². The number of aromatic nitrogens is 3. The lowest BCUT2D eigenvalue weighted by molar-refractivity contribution is 0.0566. The molecule has 8 nitrogen and oxygen atoms in total. The summed E-state index contributed by atoms with van der Waals surface area (Å²) in [6.45, 7) is -2.84. The molecule has 2 N–H and O–H groups in total. The fourth-order valence-electron chi connectivity index (χ4n) is 1.65. The second-order valence-corrected chi connectivity index (χ2v) is 6.36. The van der Waals surface area contributed by atoms with Crippen LogP contribution in [0.4, 0.5) is 14.5 Å². The summed E-state index contributed by atoms with van der Waals surface area (Å²) in [6, 6.07) is 1.17. The van der Waals surface area contributed by atoms with Crippen LogP contribution in [0.15, 0.2) is 34.0 Å². The Kier molecular flexibility index (Phi) is 4.59. The van der Waals surface area contributed by atoms with Crippen LogP contribution in [-0.2, 0) is 10.0 Å². The predicted octanol–water partition coefficient (Wildman–Crippen LogP) is 1.20. The molecule has 0 aromatic carbocycles. The summed E-state index contributed by atoms with van der Waals surface area (Å²) in [4.78, 5) is 5.07. The average Bonchev–Trinajstić information content (AvgIpc) is 2.95. The molecule has 0 aliphatic carbocycles. The first-order chi connectivity index (χ1) is 10.7. The van der Waals surface area contributed by atoms with Crippen LogP contribution in [-0.4, -0.2) is 48.5 Å². The lowest BCUT2D eigenvalue weighted by atomic mass is 10.2. The third-order valence-corrected chi connectivity index (χ3v) is 3.88. The van der Waals surface area contributed by atoms with E-state index in [0.717, 1.165) is 18.7 Å². The number of rotatable bonds is 5. The third-order valence-electron chi connectivity index (χ3n) is 2.64. The number of anilines is 1. The maximum absolute atomic E-state index is 12.6. The SMILES string of the molecule is CN(C)C=NS(=O)(=O)c1cc(N)cnc1-c1cnn(C(F)F)c1. The van der Waals surface area contributed by atoms with E-state index in [0.29, 0.717) is 4.68 Å². The maximum atomic E-state index is 12.6. The van der Waals surface area contributed by atoms with Gasteiger partial charge in [-0.1, -0.05) is 0 Å². The first-order valence-corrected chi connectivity index (χ1v) is 7.70. The number of nitrogens with zero attached hydrogens (tertiary/aromatic N) is 5. The molecule has 0 aliphatic heterocycles. The quantitative estimate of drug-likeness (QED) is 0.645. The van der Waals surface area contributed by atoms with Gasteiger partial charge in [0.2, 0.25) is 0 Å². The number of pyridine rings is 1. The van der Waals surface area contributed by atoms with Crippen LogP contribution in [0, 0.1) is 0 Å². The van der Waals surface area contributed by atoms with Crippen LogP contribution >= 0.6 is 0 Å². The average molecular weight is 344 g/mol. The van der Waals surface area contributed by atoms with Gasteiger partial charge < -0.3 is 10.6 Å². The number of sulfonamides is 1. The normalized spacial score (nSPS) is 12.2. The molecule has 0 saturated heterocycles. The van der Waals surface area contributed by atoms with Crippen LogP contribution in [0.25, 0.3) is 11.3 Å². The molecule has 0 unspecified atom stereocenters. The molecule has 0 amide bonds. The molecule has 0 spiro atoms. The fourth-order valence-corrected chi connectivity index (χ4v) is 2.78. The molecule has 23 heavy (non-hydrogen) atoms. The van der Waals surface area contributed by atoms with Gasteiger partial charge in [-0.3, -0.25) is 4.98 Å². The zero-order chi connectivity index (χ0) is 17.2. The summed E-state index contributed by atoms with van der Waals surface area (Å²) in [5, 5.41) is 3.47. The molecule has 0 bridgehead atoms. The molecule has 0 saturated carbocycles. The Balaban J connectivity index is 2.57. The van der Waals surface area contributed by atoms with Gasteiger partial charge in [-0.2, -0.15) is 22.3 Å². The minimum atomic E-state index is -4.11. The van der Waals surface area contributed by atoms with Crippen molar-refractivity contribution in [3.05, 3.63) is 24.7 Å². The van der Waals surface area contributed by atoms with Gasteiger partial charge in [0, 0.05) is 25.9 Å². The van der Waals surface area contributed by atoms with E-state index in [1.807, 2.05) is 0 Å². The Morgan fingerprint density at radius 3 is 2.65 bits per heavy atom. The van der Waals surface area contributed by atoms with Crippen molar-refractivity contribution in [2.24, 2.45) is 4.40 Å². The lowest BCUT2D eigenvalue weighted by Crippen LogP contribution is -2.11. The number of hydrogen-bond acceptors (Lipinski definition) is 5. The van der Waals surface area contributed by atoms with Crippen molar-refractivity contribution < 1.29 is 17.2 Å². The second kappa shape index (κ2) is 6.28. The van der Waals surface area contributed by atoms with E-state index in [2.05, 4.69) is 14.5 Å². The molecule has 2 aromatic rings. The summed E-state index contributed by atoms with van der Waals surface area (Å²) in [7, 11) is -0.904. The van der Waals surface area contributed by atoms with Crippen molar-refractivity contribution in [2.45, 2.75) is 11.4 Å². The Hall–Kier alpha value is -2.56. The smallest absolute Gasteiger partial charge is 0.333 e. The Morgan fingerprint density at radius 1 is 1.39 bits per heavy atom. The largest absolute Gasteiger partial charge is 0.397 e. The van der Waals surface area contributed by atoms with Gasteiger partial charge in [-0.25, -0.2) is 4.68 Å². The van der Waals surface area contributed by atoms with Crippen LogP contribution in [0.5, 0.6) is 0 Å². The van der Waals surface area contributed by atoms with Gasteiger partial charge in [0.1, 0.15) is 11.2 Å². The van der Waals surface area contributed by atoms with Gasteiger partial charge >= 0.3 is 6.55 Å². The molecule has 0 fully saturated rings. The Labute approximate surface area is 131 Å². The topological polar surface area (TPSA) is 106 Å². The first-order valence-electron chi connectivity index (χ1n) is 6.26. The maximum Gasteiger partial charge on any atom is 0.333 e. The molecule has 0 atom stereocenters. The fraction of sp³-hybridized carbons (Fsp3) is 0.250. The lowest BCUT2D eigenvalue weighted by Gasteiger charge is -2.07. The zero-order valence-electron chi connectivity index (χ0n) is 12.3. The van der Waals surface area contributed by atoms with Crippen LogP contribution < -0.4 is 5.73 Å². The number of hydrogen-bond donors (Lipinski definition) is 1. The van der Waals surface area contributed by atoms with Gasteiger partial charge in [0.25, 0.3) is 10.0 Å². The molecular weight excluding hydrogens is 330 g/mol. The molecular formula is C12H14F2N6O2S. The van der Waals surface area contributed by atoms with Crippen LogP contribution in [0.3, 0.4) is 0 Å². The summed E-state index contributed by atoms with van der Waals surface area (Å²) in [6.07, 6.45) is 4.42. The van der Waals surface area contributed by atoms with Crippen LogP contribution in [0.1, 0.15) is 6.55 Å². The Bertz CT molecular complexity index is 832. The zero-order valence-corrected chi connectivity index (χ0v) is 13.1. The number of alkyl halides is 2. The molecule has 124 valence electrons. The molecule has 0 radical (unpaired) electrons. The standard InChI is InChI=1S/C12H14F2N6O2S/c1-19(2)7-18-23(21,22)10-3-9(15)5-16-11(10)8-4-17-20(6-8)12(13)14/h3-7,12H,15H2,1-2H3. The summed E-state index contributed by atoms with van der Waals surface area (Å²) in [5.41, 5.74) is 5.75. The second-order valence-electron chi connectivity index (χ2n) is 4.76. The summed E-state index contributed by atoms with van der Waals surface area (Å²) >= 11 is 0. The van der Waals surface area contributed by atoms with Crippen molar-refractivity contribution in [3.8, 4) is 11.3 Å². The highest BCUT2D eigenvalue weighted by molar-refractivity contribution is 7.90. The van der Waals surface area contributed by atoms with E-state index in [9.17, 15) is 17.2 Å².